The molecule has 1 atom stereocenters. The third kappa shape index (κ3) is 4.84. The Morgan fingerprint density at radius 2 is 1.87 bits per heavy atom. The Labute approximate surface area is 181 Å². The number of halogens is 1. The molecule has 1 aromatic heterocycles. The van der Waals surface area contributed by atoms with Crippen molar-refractivity contribution in [3.63, 3.8) is 0 Å². The van der Waals surface area contributed by atoms with E-state index in [1.165, 1.54) is 6.07 Å². The number of rotatable bonds is 6. The van der Waals surface area contributed by atoms with Gasteiger partial charge in [-0.3, -0.25) is 4.90 Å². The van der Waals surface area contributed by atoms with E-state index < -0.39 is 10.0 Å². The molecule has 0 aliphatic carbocycles. The second-order valence-electron chi connectivity index (χ2n) is 7.84. The van der Waals surface area contributed by atoms with E-state index in [-0.39, 0.29) is 22.8 Å². The van der Waals surface area contributed by atoms with E-state index in [9.17, 15) is 12.8 Å². The maximum absolute atomic E-state index is 13.8. The second kappa shape index (κ2) is 8.86. The molecular weight excluding hydrogens is 419 g/mol. The Morgan fingerprint density at radius 3 is 2.55 bits per heavy atom. The minimum atomic E-state index is -3.52. The van der Waals surface area contributed by atoms with Gasteiger partial charge in [0.05, 0.1) is 10.9 Å². The van der Waals surface area contributed by atoms with Crippen molar-refractivity contribution < 1.29 is 17.3 Å². The molecule has 2 heterocycles. The van der Waals surface area contributed by atoms with E-state index >= 15 is 0 Å². The van der Waals surface area contributed by atoms with Gasteiger partial charge in [-0.25, -0.2) is 17.5 Å². The Balaban J connectivity index is 1.37. The first-order valence-corrected chi connectivity index (χ1v) is 11.7. The van der Waals surface area contributed by atoms with Crippen LogP contribution in [0.1, 0.15) is 37.3 Å². The average Bonchev–Trinajstić information content (AvgIpc) is 3.26. The molecule has 0 bridgehead atoms. The molecule has 9 heteroatoms. The first-order chi connectivity index (χ1) is 14.8. The molecule has 1 fully saturated rings. The van der Waals surface area contributed by atoms with Gasteiger partial charge in [0.2, 0.25) is 21.7 Å². The summed E-state index contributed by atoms with van der Waals surface area (Å²) in [5.74, 6) is 0.502. The van der Waals surface area contributed by atoms with E-state index in [2.05, 4.69) is 19.8 Å². The highest BCUT2D eigenvalue weighted by atomic mass is 32.2. The van der Waals surface area contributed by atoms with Gasteiger partial charge >= 0.3 is 0 Å². The maximum atomic E-state index is 13.8. The fourth-order valence-corrected chi connectivity index (χ4v) is 5.03. The van der Waals surface area contributed by atoms with Gasteiger partial charge in [-0.15, -0.1) is 0 Å². The summed E-state index contributed by atoms with van der Waals surface area (Å²) in [6.45, 7) is 5.06. The Morgan fingerprint density at radius 1 is 1.16 bits per heavy atom. The predicted molar refractivity (Wildman–Crippen MR) is 114 cm³/mol. The molecule has 1 N–H and O–H groups in total. The molecule has 2 aromatic carbocycles. The third-order valence-corrected chi connectivity index (χ3v) is 7.22. The van der Waals surface area contributed by atoms with E-state index in [1.54, 1.807) is 49.4 Å². The second-order valence-corrected chi connectivity index (χ2v) is 9.55. The van der Waals surface area contributed by atoms with Gasteiger partial charge in [-0.05, 0) is 50.5 Å². The first kappa shape index (κ1) is 21.6. The zero-order valence-corrected chi connectivity index (χ0v) is 18.3. The topological polar surface area (TPSA) is 88.3 Å². The minimum Gasteiger partial charge on any atom is -0.337 e. The Hall–Kier alpha value is -2.62. The van der Waals surface area contributed by atoms with Crippen LogP contribution in [-0.4, -0.2) is 42.6 Å². The van der Waals surface area contributed by atoms with E-state index in [1.807, 2.05) is 6.92 Å². The number of sulfonamides is 1. The maximum Gasteiger partial charge on any atom is 0.244 e. The van der Waals surface area contributed by atoms with Gasteiger partial charge < -0.3 is 4.52 Å². The summed E-state index contributed by atoms with van der Waals surface area (Å²) in [5.41, 5.74) is 1.13. The van der Waals surface area contributed by atoms with Crippen LogP contribution in [0.4, 0.5) is 4.39 Å². The fourth-order valence-electron chi connectivity index (χ4n) is 3.70. The van der Waals surface area contributed by atoms with Crippen LogP contribution in [0.3, 0.4) is 0 Å². The van der Waals surface area contributed by atoms with Crippen LogP contribution in [0.2, 0.25) is 0 Å². The molecule has 4 rings (SSSR count). The van der Waals surface area contributed by atoms with Crippen molar-refractivity contribution in [1.29, 1.82) is 0 Å². The fraction of sp³-hybridized carbons (Fsp3) is 0.364. The van der Waals surface area contributed by atoms with Crippen molar-refractivity contribution in [2.75, 3.05) is 13.1 Å². The van der Waals surface area contributed by atoms with Gasteiger partial charge in [0.25, 0.3) is 0 Å². The lowest BCUT2D eigenvalue weighted by atomic mass is 10.0. The molecule has 0 radical (unpaired) electrons. The molecule has 0 spiro atoms. The number of nitrogens with one attached hydrogen (secondary N) is 1. The summed E-state index contributed by atoms with van der Waals surface area (Å²) < 4.78 is 47.1. The minimum absolute atomic E-state index is 0.122. The van der Waals surface area contributed by atoms with Gasteiger partial charge in [-0.2, -0.15) is 4.98 Å². The van der Waals surface area contributed by atoms with E-state index in [0.29, 0.717) is 48.8 Å². The van der Waals surface area contributed by atoms with Crippen molar-refractivity contribution in [3.8, 4) is 11.4 Å². The van der Waals surface area contributed by atoms with Crippen LogP contribution in [0.25, 0.3) is 11.4 Å². The monoisotopic (exact) mass is 444 g/mol. The number of hydrogen-bond donors (Lipinski definition) is 1. The molecule has 164 valence electrons. The molecular formula is C22H25FN4O3S. The lowest BCUT2D eigenvalue weighted by Gasteiger charge is -2.34. The normalized spacial score (nSPS) is 17.0. The van der Waals surface area contributed by atoms with E-state index in [0.717, 1.165) is 0 Å². The van der Waals surface area contributed by atoms with E-state index in [4.69, 9.17) is 4.52 Å². The number of hydrogen-bond acceptors (Lipinski definition) is 6. The zero-order chi connectivity index (χ0) is 22.0. The quantitative estimate of drug-likeness (QED) is 0.624. The summed E-state index contributed by atoms with van der Waals surface area (Å²) in [5, 5.41) is 4.00. The van der Waals surface area contributed by atoms with Crippen LogP contribution in [0.5, 0.6) is 0 Å². The summed E-state index contributed by atoms with van der Waals surface area (Å²) >= 11 is 0. The molecule has 3 aromatic rings. The first-order valence-electron chi connectivity index (χ1n) is 10.2. The molecule has 31 heavy (non-hydrogen) atoms. The molecule has 0 saturated carbocycles. The smallest absolute Gasteiger partial charge is 0.244 e. The highest BCUT2D eigenvalue weighted by molar-refractivity contribution is 7.89. The van der Waals surface area contributed by atoms with Crippen molar-refractivity contribution in [2.45, 2.75) is 43.7 Å². The summed E-state index contributed by atoms with van der Waals surface area (Å²) in [6, 6.07) is 13.0. The molecule has 1 saturated heterocycles. The van der Waals surface area contributed by atoms with Crippen molar-refractivity contribution in [1.82, 2.24) is 19.8 Å². The standard InChI is InChI=1S/C22H25FN4O3S/c1-15-8-9-17(14-20(15)23)21-24-22(30-25-21)16(2)27-12-10-18(11-13-27)26-31(28,29)19-6-4-3-5-7-19/h3-9,14,16,18,26H,10-13H2,1-2H3. The molecule has 1 aliphatic rings. The summed E-state index contributed by atoms with van der Waals surface area (Å²) in [7, 11) is -3.52. The van der Waals surface area contributed by atoms with Crippen molar-refractivity contribution >= 4 is 10.0 Å². The predicted octanol–water partition coefficient (Wildman–Crippen LogP) is 3.69. The highest BCUT2D eigenvalue weighted by Crippen LogP contribution is 2.26. The largest absolute Gasteiger partial charge is 0.337 e. The molecule has 1 unspecified atom stereocenters. The lowest BCUT2D eigenvalue weighted by molar-refractivity contribution is 0.134. The average molecular weight is 445 g/mol. The number of benzene rings is 2. The third-order valence-electron chi connectivity index (χ3n) is 5.68. The zero-order valence-electron chi connectivity index (χ0n) is 17.5. The van der Waals surface area contributed by atoms with Crippen LogP contribution < -0.4 is 4.72 Å². The van der Waals surface area contributed by atoms with Crippen LogP contribution >= 0.6 is 0 Å². The molecule has 0 amide bonds. The van der Waals surface area contributed by atoms with Crippen molar-refractivity contribution in [2.24, 2.45) is 0 Å². The number of aromatic nitrogens is 2. The number of likely N-dealkylation sites (tertiary alicyclic amines) is 1. The lowest BCUT2D eigenvalue weighted by Crippen LogP contribution is -2.45. The number of piperidine rings is 1. The van der Waals surface area contributed by atoms with Gasteiger partial charge in [0, 0.05) is 24.7 Å². The van der Waals surface area contributed by atoms with Gasteiger partial charge in [0.1, 0.15) is 5.82 Å². The van der Waals surface area contributed by atoms with Crippen molar-refractivity contribution in [3.05, 3.63) is 65.8 Å². The highest BCUT2D eigenvalue weighted by Gasteiger charge is 2.29. The Kier molecular flexibility index (Phi) is 6.17. The summed E-state index contributed by atoms with van der Waals surface area (Å²) in [6.07, 6.45) is 1.36. The van der Waals surface area contributed by atoms with Gasteiger partial charge in [0.15, 0.2) is 0 Å². The van der Waals surface area contributed by atoms with Crippen LogP contribution in [0.15, 0.2) is 57.9 Å². The summed E-state index contributed by atoms with van der Waals surface area (Å²) in [4.78, 5) is 6.90. The number of aryl methyl sites for hydroxylation is 1. The van der Waals surface area contributed by atoms with Crippen LogP contribution in [0, 0.1) is 12.7 Å². The molecule has 7 nitrogen and oxygen atoms in total. The SMILES string of the molecule is Cc1ccc(-c2noc(C(C)N3CCC(NS(=O)(=O)c4ccccc4)CC3)n2)cc1F. The number of nitrogens with zero attached hydrogens (tertiary/aromatic N) is 3. The van der Waals surface area contributed by atoms with Gasteiger partial charge in [-0.1, -0.05) is 35.5 Å². The molecule has 1 aliphatic heterocycles. The Bertz CT molecular complexity index is 1140. The van der Waals surface area contributed by atoms with Crippen LogP contribution in [-0.2, 0) is 10.0 Å².